The quantitative estimate of drug-likeness (QED) is 0.520. The van der Waals surface area contributed by atoms with Gasteiger partial charge in [0.15, 0.2) is 18.1 Å². The Hall–Kier alpha value is -3.06. The average Bonchev–Trinajstić information content (AvgIpc) is 3.27. The number of nitrogens with zero attached hydrogens (tertiary/aromatic N) is 2. The first-order chi connectivity index (χ1) is 15.2. The Bertz CT molecular complexity index is 938. The molecule has 0 aromatic heterocycles. The molecule has 0 saturated carbocycles. The van der Waals surface area contributed by atoms with E-state index < -0.39 is 0 Å². The number of oxime groups is 1. The molecule has 164 valence electrons. The van der Waals surface area contributed by atoms with E-state index in [0.717, 1.165) is 36.5 Å². The van der Waals surface area contributed by atoms with E-state index in [1.54, 1.807) is 0 Å². The molecular formula is C24H29N3O4. The van der Waals surface area contributed by atoms with E-state index in [-0.39, 0.29) is 19.3 Å². The van der Waals surface area contributed by atoms with Crippen LogP contribution in [-0.4, -0.2) is 43.0 Å². The molecule has 2 heterocycles. The molecule has 1 N–H and O–H groups in total. The molecule has 0 unspecified atom stereocenters. The Balaban J connectivity index is 1.25. The zero-order valence-corrected chi connectivity index (χ0v) is 17.9. The zero-order chi connectivity index (χ0) is 21.5. The van der Waals surface area contributed by atoms with Crippen LogP contribution in [0.15, 0.2) is 47.6 Å². The van der Waals surface area contributed by atoms with E-state index in [1.165, 1.54) is 24.8 Å². The Kier molecular flexibility index (Phi) is 7.04. The van der Waals surface area contributed by atoms with Gasteiger partial charge < -0.3 is 19.6 Å². The number of carbonyl (C=O) groups is 1. The number of piperidine rings is 1. The summed E-state index contributed by atoms with van der Waals surface area (Å²) in [4.78, 5) is 20.0. The maximum Gasteiger partial charge on any atom is 0.261 e. The van der Waals surface area contributed by atoms with E-state index in [4.69, 9.17) is 14.3 Å². The van der Waals surface area contributed by atoms with Crippen molar-refractivity contribution in [1.82, 2.24) is 10.2 Å². The zero-order valence-electron chi connectivity index (χ0n) is 17.9. The van der Waals surface area contributed by atoms with Gasteiger partial charge in [-0.15, -0.1) is 0 Å². The number of hydrogen-bond acceptors (Lipinski definition) is 6. The second-order valence-electron chi connectivity index (χ2n) is 7.90. The highest BCUT2D eigenvalue weighted by Gasteiger charge is 2.15. The number of amides is 1. The molecule has 1 saturated heterocycles. The normalized spacial score (nSPS) is 16.2. The molecule has 31 heavy (non-hydrogen) atoms. The molecule has 2 aliphatic heterocycles. The molecule has 4 rings (SSSR count). The Morgan fingerprint density at radius 2 is 1.84 bits per heavy atom. The van der Waals surface area contributed by atoms with Gasteiger partial charge in [-0.2, -0.15) is 0 Å². The first-order valence-corrected chi connectivity index (χ1v) is 10.8. The van der Waals surface area contributed by atoms with E-state index >= 15 is 0 Å². The van der Waals surface area contributed by atoms with Crippen LogP contribution in [0.4, 0.5) is 0 Å². The van der Waals surface area contributed by atoms with Crippen molar-refractivity contribution in [3.05, 3.63) is 59.2 Å². The van der Waals surface area contributed by atoms with Gasteiger partial charge in [-0.25, -0.2) is 0 Å². The van der Waals surface area contributed by atoms with Crippen molar-refractivity contribution in [2.24, 2.45) is 5.16 Å². The molecule has 0 radical (unpaired) electrons. The van der Waals surface area contributed by atoms with Gasteiger partial charge in [0.2, 0.25) is 6.79 Å². The van der Waals surface area contributed by atoms with Crippen molar-refractivity contribution in [2.45, 2.75) is 39.3 Å². The molecule has 1 fully saturated rings. The lowest BCUT2D eigenvalue weighted by molar-refractivity contribution is -0.125. The summed E-state index contributed by atoms with van der Waals surface area (Å²) in [6.07, 6.45) is 3.86. The lowest BCUT2D eigenvalue weighted by Crippen LogP contribution is -2.30. The second-order valence-corrected chi connectivity index (χ2v) is 7.90. The highest BCUT2D eigenvalue weighted by molar-refractivity contribution is 5.99. The third-order valence-electron chi connectivity index (χ3n) is 5.62. The molecule has 7 nitrogen and oxygen atoms in total. The minimum Gasteiger partial charge on any atom is -0.454 e. The van der Waals surface area contributed by atoms with Crippen molar-refractivity contribution < 1.29 is 19.1 Å². The minimum absolute atomic E-state index is 0.129. The van der Waals surface area contributed by atoms with Crippen LogP contribution in [0.1, 0.15) is 42.9 Å². The standard InChI is InChI=1S/C24H29N3O4/c1-18(19-9-10-22-23(13-19)30-17-29-22)26-31-16-24(28)25-14-20-7-3-4-8-21(20)15-27-11-5-2-6-12-27/h3-4,7-10,13H,2,5-6,11-12,14-17H2,1H3,(H,25,28)/b26-18-. The number of rotatable bonds is 8. The molecular weight excluding hydrogens is 394 g/mol. The van der Waals surface area contributed by atoms with Crippen LogP contribution in [-0.2, 0) is 22.7 Å². The topological polar surface area (TPSA) is 72.4 Å². The maximum absolute atomic E-state index is 12.2. The number of likely N-dealkylation sites (tertiary alicyclic amines) is 1. The van der Waals surface area contributed by atoms with Gasteiger partial charge in [0.05, 0.1) is 5.71 Å². The predicted octanol–water partition coefficient (Wildman–Crippen LogP) is 3.46. The van der Waals surface area contributed by atoms with Crippen molar-refractivity contribution in [2.75, 3.05) is 26.5 Å². The Morgan fingerprint density at radius 1 is 1.06 bits per heavy atom. The van der Waals surface area contributed by atoms with Crippen LogP contribution in [0.3, 0.4) is 0 Å². The number of fused-ring (bicyclic) bond motifs is 1. The van der Waals surface area contributed by atoms with Crippen molar-refractivity contribution in [1.29, 1.82) is 0 Å². The monoisotopic (exact) mass is 423 g/mol. The molecule has 0 atom stereocenters. The summed E-state index contributed by atoms with van der Waals surface area (Å²) < 4.78 is 10.7. The Labute approximate surface area is 183 Å². The lowest BCUT2D eigenvalue weighted by Gasteiger charge is -2.27. The fourth-order valence-electron chi connectivity index (χ4n) is 3.85. The van der Waals surface area contributed by atoms with Gasteiger partial charge in [0.25, 0.3) is 5.91 Å². The highest BCUT2D eigenvalue weighted by atomic mass is 16.7. The fourth-order valence-corrected chi connectivity index (χ4v) is 3.85. The number of carbonyl (C=O) groups excluding carboxylic acids is 1. The summed E-state index contributed by atoms with van der Waals surface area (Å²) in [6, 6.07) is 13.9. The van der Waals surface area contributed by atoms with Gasteiger partial charge in [-0.05, 0) is 62.2 Å². The molecule has 2 aromatic carbocycles. The van der Waals surface area contributed by atoms with Crippen molar-refractivity contribution in [3.8, 4) is 11.5 Å². The van der Waals surface area contributed by atoms with Crippen molar-refractivity contribution >= 4 is 11.6 Å². The van der Waals surface area contributed by atoms with E-state index in [0.29, 0.717) is 18.0 Å². The van der Waals surface area contributed by atoms with Crippen LogP contribution in [0.25, 0.3) is 0 Å². The predicted molar refractivity (Wildman–Crippen MR) is 118 cm³/mol. The van der Waals surface area contributed by atoms with Gasteiger partial charge >= 0.3 is 0 Å². The SMILES string of the molecule is C/C(=N/OCC(=O)NCc1ccccc1CN1CCCCC1)c1ccc2c(c1)OCO2. The first kappa shape index (κ1) is 21.2. The van der Waals surface area contributed by atoms with Gasteiger partial charge in [0.1, 0.15) is 0 Å². The van der Waals surface area contributed by atoms with Crippen LogP contribution in [0, 0.1) is 0 Å². The molecule has 7 heteroatoms. The van der Waals surface area contributed by atoms with E-state index in [2.05, 4.69) is 33.6 Å². The summed E-state index contributed by atoms with van der Waals surface area (Å²) in [5, 5.41) is 7.00. The fraction of sp³-hybridized carbons (Fsp3) is 0.417. The Morgan fingerprint density at radius 3 is 2.68 bits per heavy atom. The molecule has 0 spiro atoms. The minimum atomic E-state index is -0.199. The average molecular weight is 424 g/mol. The number of hydrogen-bond donors (Lipinski definition) is 1. The largest absolute Gasteiger partial charge is 0.454 e. The van der Waals surface area contributed by atoms with Gasteiger partial charge in [-0.3, -0.25) is 9.69 Å². The molecule has 2 aromatic rings. The summed E-state index contributed by atoms with van der Waals surface area (Å²) in [5.74, 6) is 1.21. The molecule has 1 amide bonds. The molecule has 0 bridgehead atoms. The number of nitrogens with one attached hydrogen (secondary N) is 1. The van der Waals surface area contributed by atoms with E-state index in [1.807, 2.05) is 31.2 Å². The smallest absolute Gasteiger partial charge is 0.261 e. The van der Waals surface area contributed by atoms with Crippen LogP contribution >= 0.6 is 0 Å². The summed E-state index contributed by atoms with van der Waals surface area (Å²) in [5.41, 5.74) is 3.93. The summed E-state index contributed by atoms with van der Waals surface area (Å²) in [7, 11) is 0. The maximum atomic E-state index is 12.2. The van der Waals surface area contributed by atoms with Crippen LogP contribution in [0.2, 0.25) is 0 Å². The molecule has 2 aliphatic rings. The van der Waals surface area contributed by atoms with Crippen LogP contribution in [0.5, 0.6) is 11.5 Å². The second kappa shape index (κ2) is 10.3. The third-order valence-corrected chi connectivity index (χ3v) is 5.62. The lowest BCUT2D eigenvalue weighted by atomic mass is 10.0. The van der Waals surface area contributed by atoms with Crippen LogP contribution < -0.4 is 14.8 Å². The van der Waals surface area contributed by atoms with Crippen molar-refractivity contribution in [3.63, 3.8) is 0 Å². The molecule has 0 aliphatic carbocycles. The van der Waals surface area contributed by atoms with Gasteiger partial charge in [-0.1, -0.05) is 35.8 Å². The number of ether oxygens (including phenoxy) is 2. The third kappa shape index (κ3) is 5.76. The summed E-state index contributed by atoms with van der Waals surface area (Å²) in [6.45, 7) is 5.64. The van der Waals surface area contributed by atoms with E-state index in [9.17, 15) is 4.79 Å². The summed E-state index contributed by atoms with van der Waals surface area (Å²) >= 11 is 0. The van der Waals surface area contributed by atoms with Gasteiger partial charge in [0, 0.05) is 18.7 Å². The number of benzene rings is 2. The first-order valence-electron chi connectivity index (χ1n) is 10.8. The highest BCUT2D eigenvalue weighted by Crippen LogP contribution is 2.32.